The molecule has 0 fully saturated rings. The van der Waals surface area contributed by atoms with Gasteiger partial charge in [-0.15, -0.1) is 5.10 Å². The Morgan fingerprint density at radius 3 is 3.11 bits per heavy atom. The third-order valence-corrected chi connectivity index (χ3v) is 4.65. The van der Waals surface area contributed by atoms with E-state index in [0.717, 1.165) is 35.9 Å². The van der Waals surface area contributed by atoms with Gasteiger partial charge in [0.15, 0.2) is 5.82 Å². The molecule has 0 bridgehead atoms. The zero-order valence-electron chi connectivity index (χ0n) is 10.7. The van der Waals surface area contributed by atoms with Crippen molar-refractivity contribution < 1.29 is 0 Å². The number of hydrogen-bond donors (Lipinski definition) is 1. The van der Waals surface area contributed by atoms with Crippen LogP contribution >= 0.6 is 11.3 Å². The molecule has 0 unspecified atom stereocenters. The molecule has 0 atom stereocenters. The third-order valence-electron chi connectivity index (χ3n) is 3.58. The summed E-state index contributed by atoms with van der Waals surface area (Å²) in [6, 6.07) is 8.27. The van der Waals surface area contributed by atoms with E-state index in [1.54, 1.807) is 11.3 Å². The lowest BCUT2D eigenvalue weighted by Crippen LogP contribution is -2.23. The Morgan fingerprint density at radius 1 is 1.32 bits per heavy atom. The lowest BCUT2D eigenvalue weighted by molar-refractivity contribution is 0.629. The number of hydrogen-bond acceptors (Lipinski definition) is 4. The summed E-state index contributed by atoms with van der Waals surface area (Å²) >= 11 is 1.75. The van der Waals surface area contributed by atoms with E-state index in [9.17, 15) is 0 Å². The maximum Gasteiger partial charge on any atom is 0.213 e. The molecule has 4 nitrogen and oxygen atoms in total. The largest absolute Gasteiger partial charge is 0.311 e. The van der Waals surface area contributed by atoms with E-state index in [1.807, 2.05) is 16.6 Å². The molecule has 1 aromatic carbocycles. The van der Waals surface area contributed by atoms with Crippen molar-refractivity contribution in [1.82, 2.24) is 19.9 Å². The highest BCUT2D eigenvalue weighted by Gasteiger charge is 2.19. The van der Waals surface area contributed by atoms with Crippen LogP contribution in [0.15, 0.2) is 24.3 Å². The van der Waals surface area contributed by atoms with Gasteiger partial charge < -0.3 is 5.32 Å². The van der Waals surface area contributed by atoms with Crippen molar-refractivity contribution in [3.05, 3.63) is 40.4 Å². The van der Waals surface area contributed by atoms with Crippen molar-refractivity contribution in [1.29, 1.82) is 0 Å². The maximum atomic E-state index is 4.71. The summed E-state index contributed by atoms with van der Waals surface area (Å²) in [5.74, 6) is 0.839. The topological polar surface area (TPSA) is 42.2 Å². The smallest absolute Gasteiger partial charge is 0.213 e. The van der Waals surface area contributed by atoms with E-state index in [2.05, 4.69) is 24.4 Å². The summed E-state index contributed by atoms with van der Waals surface area (Å²) in [4.78, 5) is 7.07. The Balaban J connectivity index is 1.89. The van der Waals surface area contributed by atoms with Gasteiger partial charge in [-0.1, -0.05) is 35.6 Å². The first-order chi connectivity index (χ1) is 9.33. The molecule has 3 heterocycles. The third kappa shape index (κ3) is 1.69. The number of nitrogens with one attached hydrogen (secondary N) is 1. The van der Waals surface area contributed by atoms with Crippen molar-refractivity contribution in [3.63, 3.8) is 0 Å². The SMILES string of the molecule is Cc1ccccc1-c1nc2sc3c(n2n1)CCNC3. The molecule has 0 spiro atoms. The molecular formula is C14H14N4S. The van der Waals surface area contributed by atoms with Crippen LogP contribution in [0.5, 0.6) is 0 Å². The molecular weight excluding hydrogens is 256 g/mol. The number of thiazole rings is 1. The minimum Gasteiger partial charge on any atom is -0.311 e. The molecule has 3 aromatic rings. The number of benzene rings is 1. The Kier molecular flexibility index (Phi) is 2.43. The van der Waals surface area contributed by atoms with Crippen molar-refractivity contribution >= 4 is 16.3 Å². The van der Waals surface area contributed by atoms with Gasteiger partial charge in [-0.25, -0.2) is 4.52 Å². The number of rotatable bonds is 1. The predicted molar refractivity (Wildman–Crippen MR) is 76.4 cm³/mol. The highest BCUT2D eigenvalue weighted by molar-refractivity contribution is 7.17. The average Bonchev–Trinajstić information content (AvgIpc) is 2.96. The fourth-order valence-electron chi connectivity index (χ4n) is 2.56. The molecule has 5 heteroatoms. The van der Waals surface area contributed by atoms with Crippen LogP contribution in [0.2, 0.25) is 0 Å². The van der Waals surface area contributed by atoms with Gasteiger partial charge in [0, 0.05) is 30.0 Å². The van der Waals surface area contributed by atoms with Crippen LogP contribution in [-0.4, -0.2) is 21.1 Å². The number of fused-ring (bicyclic) bond motifs is 3. The summed E-state index contributed by atoms with van der Waals surface area (Å²) in [5, 5.41) is 8.09. The van der Waals surface area contributed by atoms with E-state index >= 15 is 0 Å². The predicted octanol–water partition coefficient (Wildman–Crippen LogP) is 2.41. The van der Waals surface area contributed by atoms with Crippen LogP contribution in [0.1, 0.15) is 16.1 Å². The Bertz CT molecular complexity index is 756. The van der Waals surface area contributed by atoms with Crippen molar-refractivity contribution in [2.24, 2.45) is 0 Å². The number of aryl methyl sites for hydroxylation is 1. The van der Waals surface area contributed by atoms with E-state index in [1.165, 1.54) is 16.1 Å². The van der Waals surface area contributed by atoms with E-state index < -0.39 is 0 Å². The van der Waals surface area contributed by atoms with Crippen molar-refractivity contribution in [2.45, 2.75) is 19.9 Å². The van der Waals surface area contributed by atoms with Crippen molar-refractivity contribution in [2.75, 3.05) is 6.54 Å². The standard InChI is InChI=1S/C14H14N4S/c1-9-4-2-3-5-10(9)13-16-14-18(17-13)11-6-7-15-8-12(11)19-14/h2-5,15H,6-8H2,1H3. The van der Waals surface area contributed by atoms with Gasteiger partial charge in [0.2, 0.25) is 4.96 Å². The van der Waals surface area contributed by atoms with Gasteiger partial charge in [0.1, 0.15) is 0 Å². The maximum absolute atomic E-state index is 4.71. The Hall–Kier alpha value is -1.72. The van der Waals surface area contributed by atoms with Crippen LogP contribution in [0, 0.1) is 6.92 Å². The summed E-state index contributed by atoms with van der Waals surface area (Å²) in [5.41, 5.74) is 3.67. The van der Waals surface area contributed by atoms with Crippen LogP contribution in [0.4, 0.5) is 0 Å². The minimum absolute atomic E-state index is 0.839. The minimum atomic E-state index is 0.839. The lowest BCUT2D eigenvalue weighted by Gasteiger charge is -2.11. The molecule has 0 saturated heterocycles. The first-order valence-corrected chi connectivity index (χ1v) is 7.28. The fourth-order valence-corrected chi connectivity index (χ4v) is 3.63. The lowest BCUT2D eigenvalue weighted by atomic mass is 10.1. The van der Waals surface area contributed by atoms with Crippen LogP contribution in [-0.2, 0) is 13.0 Å². The molecule has 0 saturated carbocycles. The van der Waals surface area contributed by atoms with E-state index in [0.29, 0.717) is 0 Å². The van der Waals surface area contributed by atoms with Crippen LogP contribution < -0.4 is 5.32 Å². The number of nitrogens with zero attached hydrogens (tertiary/aromatic N) is 3. The van der Waals surface area contributed by atoms with E-state index in [-0.39, 0.29) is 0 Å². The molecule has 4 rings (SSSR count). The molecule has 1 aliphatic rings. The zero-order chi connectivity index (χ0) is 12.8. The molecule has 1 N–H and O–H groups in total. The highest BCUT2D eigenvalue weighted by Crippen LogP contribution is 2.28. The van der Waals surface area contributed by atoms with Gasteiger partial charge >= 0.3 is 0 Å². The zero-order valence-corrected chi connectivity index (χ0v) is 11.5. The second-order valence-corrected chi connectivity index (χ2v) is 5.91. The second kappa shape index (κ2) is 4.15. The van der Waals surface area contributed by atoms with Crippen molar-refractivity contribution in [3.8, 4) is 11.4 Å². The molecule has 1 aliphatic heterocycles. The van der Waals surface area contributed by atoms with Gasteiger partial charge in [0.05, 0.1) is 5.69 Å². The average molecular weight is 270 g/mol. The molecule has 96 valence electrons. The van der Waals surface area contributed by atoms with Gasteiger partial charge in [-0.2, -0.15) is 4.98 Å². The Morgan fingerprint density at radius 2 is 2.21 bits per heavy atom. The molecule has 19 heavy (non-hydrogen) atoms. The summed E-state index contributed by atoms with van der Waals surface area (Å²) in [7, 11) is 0. The summed E-state index contributed by atoms with van der Waals surface area (Å²) < 4.78 is 2.03. The molecule has 0 amide bonds. The highest BCUT2D eigenvalue weighted by atomic mass is 32.1. The second-order valence-electron chi connectivity index (χ2n) is 4.84. The molecule has 0 radical (unpaired) electrons. The normalized spacial score (nSPS) is 14.8. The number of aromatic nitrogens is 3. The summed E-state index contributed by atoms with van der Waals surface area (Å²) in [6.07, 6.45) is 1.03. The van der Waals surface area contributed by atoms with Crippen LogP contribution in [0.25, 0.3) is 16.3 Å². The Labute approximate surface area is 115 Å². The fraction of sp³-hybridized carbons (Fsp3) is 0.286. The quantitative estimate of drug-likeness (QED) is 0.738. The van der Waals surface area contributed by atoms with Crippen LogP contribution in [0.3, 0.4) is 0 Å². The van der Waals surface area contributed by atoms with Gasteiger partial charge in [0.25, 0.3) is 0 Å². The first kappa shape index (κ1) is 11.1. The van der Waals surface area contributed by atoms with E-state index in [4.69, 9.17) is 10.1 Å². The monoisotopic (exact) mass is 270 g/mol. The van der Waals surface area contributed by atoms with Gasteiger partial charge in [-0.3, -0.25) is 0 Å². The summed E-state index contributed by atoms with van der Waals surface area (Å²) in [6.45, 7) is 4.08. The van der Waals surface area contributed by atoms with Gasteiger partial charge in [-0.05, 0) is 12.5 Å². The first-order valence-electron chi connectivity index (χ1n) is 6.47. The molecule has 2 aromatic heterocycles. The molecule has 0 aliphatic carbocycles.